The average Bonchev–Trinajstić information content (AvgIpc) is 2.77. The van der Waals surface area contributed by atoms with Crippen molar-refractivity contribution in [3.05, 3.63) is 29.8 Å². The average molecular weight is 333 g/mol. The fraction of sp³-hybridized carbons (Fsp3) is 0.333. The van der Waals surface area contributed by atoms with Crippen LogP contribution in [0.1, 0.15) is 30.6 Å². The van der Waals surface area contributed by atoms with E-state index in [2.05, 4.69) is 16.1 Å². The lowest BCUT2D eigenvalue weighted by Gasteiger charge is -2.19. The first-order valence-corrected chi connectivity index (χ1v) is 7.37. The van der Waals surface area contributed by atoms with Crippen LogP contribution in [0.4, 0.5) is 10.5 Å². The molecule has 1 fully saturated rings. The molecule has 2 rings (SSSR count). The molecular formula is C15H19N5O4. The van der Waals surface area contributed by atoms with Gasteiger partial charge in [0.1, 0.15) is 5.54 Å². The second kappa shape index (κ2) is 6.57. The van der Waals surface area contributed by atoms with E-state index >= 15 is 0 Å². The molecule has 9 heteroatoms. The largest absolute Gasteiger partial charge is 0.375 e. The maximum Gasteiger partial charge on any atom is 0.344 e. The van der Waals surface area contributed by atoms with Crippen LogP contribution in [0, 0.1) is 0 Å². The number of hydrogen-bond acceptors (Lipinski definition) is 5. The normalized spacial score (nSPS) is 19.8. The third kappa shape index (κ3) is 3.29. The number of benzene rings is 1. The van der Waals surface area contributed by atoms with E-state index in [0.29, 0.717) is 17.1 Å². The number of urea groups is 1. The molecule has 1 aliphatic rings. The summed E-state index contributed by atoms with van der Waals surface area (Å²) in [5, 5.41) is 5.93. The van der Waals surface area contributed by atoms with Gasteiger partial charge in [0.05, 0.1) is 12.1 Å². The minimum absolute atomic E-state index is 0.235. The predicted octanol–water partition coefficient (Wildman–Crippen LogP) is -0.0509. The van der Waals surface area contributed by atoms with Gasteiger partial charge in [0.2, 0.25) is 0 Å². The van der Waals surface area contributed by atoms with Gasteiger partial charge < -0.3 is 16.4 Å². The first-order valence-electron chi connectivity index (χ1n) is 7.37. The van der Waals surface area contributed by atoms with Crippen molar-refractivity contribution >= 4 is 29.4 Å². The molecular weight excluding hydrogens is 314 g/mol. The number of primary amides is 1. The number of rotatable bonds is 6. The zero-order chi connectivity index (χ0) is 17.9. The first kappa shape index (κ1) is 17.3. The number of para-hydroxylation sites is 1. The summed E-state index contributed by atoms with van der Waals surface area (Å²) in [6.45, 7) is 3.09. The number of nitrogens with one attached hydrogen (secondary N) is 3. The van der Waals surface area contributed by atoms with Crippen molar-refractivity contribution in [2.75, 3.05) is 11.9 Å². The van der Waals surface area contributed by atoms with Gasteiger partial charge in [-0.2, -0.15) is 5.01 Å². The highest BCUT2D eigenvalue weighted by Crippen LogP contribution is 2.19. The van der Waals surface area contributed by atoms with Crippen LogP contribution in [0.25, 0.3) is 0 Å². The Bertz CT molecular complexity index is 705. The molecule has 1 aromatic carbocycles. The standard InChI is InChI=1S/C15H19N5O4/c1-3-15(2)13(23)20(14(24)18-15)19-11(21)8-17-10-7-5-4-6-9(10)12(16)22/h4-7,17H,3,8H2,1-2H3,(H2,16,22)(H,18,24)(H,19,21). The predicted molar refractivity (Wildman–Crippen MR) is 85.7 cm³/mol. The summed E-state index contributed by atoms with van der Waals surface area (Å²) < 4.78 is 0. The summed E-state index contributed by atoms with van der Waals surface area (Å²) in [5.74, 6) is -1.77. The van der Waals surface area contributed by atoms with E-state index in [-0.39, 0.29) is 12.1 Å². The maximum absolute atomic E-state index is 12.2. The highest BCUT2D eigenvalue weighted by atomic mass is 16.2. The van der Waals surface area contributed by atoms with Crippen LogP contribution in [-0.4, -0.2) is 40.8 Å². The summed E-state index contributed by atoms with van der Waals surface area (Å²) in [6, 6.07) is 5.75. The fourth-order valence-electron chi connectivity index (χ4n) is 2.22. The van der Waals surface area contributed by atoms with E-state index in [1.807, 2.05) is 0 Å². The topological polar surface area (TPSA) is 134 Å². The molecule has 0 aliphatic carbocycles. The zero-order valence-electron chi connectivity index (χ0n) is 13.4. The van der Waals surface area contributed by atoms with Gasteiger partial charge >= 0.3 is 6.03 Å². The van der Waals surface area contributed by atoms with Gasteiger partial charge in [-0.25, -0.2) is 4.79 Å². The summed E-state index contributed by atoms with van der Waals surface area (Å²) in [5.41, 5.74) is 7.08. The van der Waals surface area contributed by atoms with Gasteiger partial charge in [-0.3, -0.25) is 19.8 Å². The Morgan fingerprint density at radius 2 is 1.96 bits per heavy atom. The van der Waals surface area contributed by atoms with Crippen LogP contribution in [0.2, 0.25) is 0 Å². The summed E-state index contributed by atoms with van der Waals surface area (Å²) >= 11 is 0. The van der Waals surface area contributed by atoms with Crippen LogP contribution in [0.5, 0.6) is 0 Å². The molecule has 1 atom stereocenters. The van der Waals surface area contributed by atoms with E-state index in [9.17, 15) is 19.2 Å². The van der Waals surface area contributed by atoms with Crippen molar-refractivity contribution in [3.63, 3.8) is 0 Å². The lowest BCUT2D eigenvalue weighted by Crippen LogP contribution is -2.50. The highest BCUT2D eigenvalue weighted by Gasteiger charge is 2.47. The van der Waals surface area contributed by atoms with Crippen molar-refractivity contribution in [1.82, 2.24) is 15.8 Å². The third-order valence-corrected chi connectivity index (χ3v) is 3.84. The van der Waals surface area contributed by atoms with Gasteiger partial charge in [0.25, 0.3) is 17.7 Å². The van der Waals surface area contributed by atoms with Gasteiger partial charge in [-0.15, -0.1) is 0 Å². The van der Waals surface area contributed by atoms with Crippen LogP contribution in [-0.2, 0) is 9.59 Å². The number of amides is 5. The summed E-state index contributed by atoms with van der Waals surface area (Å²) in [4.78, 5) is 47.3. The molecule has 0 spiro atoms. The van der Waals surface area contributed by atoms with E-state index in [4.69, 9.17) is 5.73 Å². The van der Waals surface area contributed by atoms with Crippen LogP contribution < -0.4 is 21.8 Å². The van der Waals surface area contributed by atoms with Crippen molar-refractivity contribution in [2.24, 2.45) is 5.73 Å². The van der Waals surface area contributed by atoms with Gasteiger partial charge in [-0.05, 0) is 25.5 Å². The Morgan fingerprint density at radius 3 is 2.54 bits per heavy atom. The highest BCUT2D eigenvalue weighted by molar-refractivity contribution is 6.07. The van der Waals surface area contributed by atoms with Crippen molar-refractivity contribution in [2.45, 2.75) is 25.8 Å². The van der Waals surface area contributed by atoms with E-state index < -0.39 is 29.3 Å². The minimum Gasteiger partial charge on any atom is -0.375 e. The third-order valence-electron chi connectivity index (χ3n) is 3.84. The number of hydrogen-bond donors (Lipinski definition) is 4. The summed E-state index contributed by atoms with van der Waals surface area (Å²) in [7, 11) is 0. The van der Waals surface area contributed by atoms with Crippen LogP contribution in [0.15, 0.2) is 24.3 Å². The lowest BCUT2D eigenvalue weighted by molar-refractivity contribution is -0.138. The van der Waals surface area contributed by atoms with E-state index in [1.54, 1.807) is 32.0 Å². The zero-order valence-corrected chi connectivity index (χ0v) is 13.4. The molecule has 24 heavy (non-hydrogen) atoms. The Balaban J connectivity index is 1.99. The Hall–Kier alpha value is -3.10. The van der Waals surface area contributed by atoms with E-state index in [0.717, 1.165) is 0 Å². The van der Waals surface area contributed by atoms with E-state index in [1.165, 1.54) is 6.07 Å². The molecule has 1 aliphatic heterocycles. The molecule has 1 aromatic rings. The Kier molecular flexibility index (Phi) is 4.72. The SMILES string of the molecule is CCC1(C)NC(=O)N(NC(=O)CNc2ccccc2C(N)=O)C1=O. The number of hydrazine groups is 1. The molecule has 128 valence electrons. The molecule has 5 amide bonds. The first-order chi connectivity index (χ1) is 11.3. The number of imide groups is 1. The minimum atomic E-state index is -1.03. The van der Waals surface area contributed by atoms with Crippen molar-refractivity contribution in [1.29, 1.82) is 0 Å². The number of carbonyl (C=O) groups excluding carboxylic acids is 4. The monoisotopic (exact) mass is 333 g/mol. The fourth-order valence-corrected chi connectivity index (χ4v) is 2.22. The van der Waals surface area contributed by atoms with Crippen LogP contribution in [0.3, 0.4) is 0 Å². The Labute approximate surface area is 138 Å². The van der Waals surface area contributed by atoms with Crippen molar-refractivity contribution in [3.8, 4) is 0 Å². The van der Waals surface area contributed by atoms with Crippen molar-refractivity contribution < 1.29 is 19.2 Å². The van der Waals surface area contributed by atoms with Crippen LogP contribution >= 0.6 is 0 Å². The second-order valence-corrected chi connectivity index (χ2v) is 5.55. The molecule has 1 unspecified atom stereocenters. The van der Waals surface area contributed by atoms with Gasteiger partial charge in [-0.1, -0.05) is 19.1 Å². The smallest absolute Gasteiger partial charge is 0.344 e. The molecule has 1 saturated heterocycles. The molecule has 0 radical (unpaired) electrons. The summed E-state index contributed by atoms with van der Waals surface area (Å²) in [6.07, 6.45) is 0.397. The quantitative estimate of drug-likeness (QED) is 0.542. The molecule has 0 bridgehead atoms. The number of nitrogens with zero attached hydrogens (tertiary/aromatic N) is 1. The molecule has 1 heterocycles. The number of anilines is 1. The molecule has 5 N–H and O–H groups in total. The second-order valence-electron chi connectivity index (χ2n) is 5.55. The lowest BCUT2D eigenvalue weighted by atomic mass is 10.00. The van der Waals surface area contributed by atoms with Gasteiger partial charge in [0, 0.05) is 5.69 Å². The number of nitrogens with two attached hydrogens (primary N) is 1. The molecule has 9 nitrogen and oxygen atoms in total. The molecule has 0 aromatic heterocycles. The number of carbonyl (C=O) groups is 4. The maximum atomic E-state index is 12.2. The van der Waals surface area contributed by atoms with Gasteiger partial charge in [0.15, 0.2) is 0 Å². The Morgan fingerprint density at radius 1 is 1.29 bits per heavy atom. The molecule has 0 saturated carbocycles.